The number of urea groups is 1. The van der Waals surface area contributed by atoms with Crippen molar-refractivity contribution in [3.63, 3.8) is 0 Å². The number of amides is 2. The molecular weight excluding hydrogens is 256 g/mol. The molecule has 2 heterocycles. The molecule has 0 spiro atoms. The maximum Gasteiger partial charge on any atom is 0.320 e. The topological polar surface area (TPSA) is 60.9 Å². The quantitative estimate of drug-likeness (QED) is 0.861. The Morgan fingerprint density at radius 2 is 2.00 bits per heavy atom. The lowest BCUT2D eigenvalue weighted by Crippen LogP contribution is -2.46. The summed E-state index contributed by atoms with van der Waals surface area (Å²) in [5.41, 5.74) is 0. The minimum absolute atomic E-state index is 0.166. The summed E-state index contributed by atoms with van der Waals surface area (Å²) in [5.74, 6) is 0.121. The predicted octanol–water partition coefficient (Wildman–Crippen LogP) is 2.41. The number of hydrogen-bond donors (Lipinski definition) is 1. The van der Waals surface area contributed by atoms with E-state index in [1.807, 2.05) is 9.80 Å². The van der Waals surface area contributed by atoms with Gasteiger partial charge in [0.2, 0.25) is 0 Å². The van der Waals surface area contributed by atoms with E-state index in [4.69, 9.17) is 5.11 Å². The molecule has 2 atom stereocenters. The highest BCUT2D eigenvalue weighted by Crippen LogP contribution is 2.28. The first-order valence-corrected chi connectivity index (χ1v) is 7.76. The number of aliphatic carboxylic acids is 1. The average Bonchev–Trinajstić information content (AvgIpc) is 3.04. The zero-order valence-corrected chi connectivity index (χ0v) is 12.5. The second-order valence-electron chi connectivity index (χ2n) is 6.46. The molecule has 2 unspecified atom stereocenters. The summed E-state index contributed by atoms with van der Waals surface area (Å²) >= 11 is 0. The summed E-state index contributed by atoms with van der Waals surface area (Å²) in [7, 11) is 0. The molecule has 0 saturated carbocycles. The van der Waals surface area contributed by atoms with Crippen LogP contribution in [0.4, 0.5) is 4.79 Å². The van der Waals surface area contributed by atoms with Crippen LogP contribution < -0.4 is 0 Å². The average molecular weight is 282 g/mol. The number of carboxylic acids is 1. The summed E-state index contributed by atoms with van der Waals surface area (Å²) in [6, 6.07) is 0.541. The normalized spacial score (nSPS) is 26.6. The number of nitrogens with zero attached hydrogens (tertiary/aromatic N) is 2. The van der Waals surface area contributed by atoms with Crippen molar-refractivity contribution in [3.05, 3.63) is 0 Å². The molecule has 2 aliphatic heterocycles. The molecule has 2 rings (SSSR count). The largest absolute Gasteiger partial charge is 0.481 e. The standard InChI is InChI=1S/C15H26N2O3/c1-11(2)13-4-3-8-17(13)15(20)16-9-7-12(10-16)5-6-14(18)19/h11-13H,3-10H2,1-2H3,(H,18,19). The van der Waals surface area contributed by atoms with Crippen molar-refractivity contribution in [2.45, 2.75) is 52.0 Å². The molecule has 0 aromatic heterocycles. The van der Waals surface area contributed by atoms with Gasteiger partial charge in [-0.3, -0.25) is 4.79 Å². The Labute approximate surface area is 120 Å². The van der Waals surface area contributed by atoms with E-state index in [-0.39, 0.29) is 12.5 Å². The van der Waals surface area contributed by atoms with Gasteiger partial charge in [-0.15, -0.1) is 0 Å². The maximum atomic E-state index is 12.6. The fourth-order valence-corrected chi connectivity index (χ4v) is 3.47. The Morgan fingerprint density at radius 1 is 1.25 bits per heavy atom. The van der Waals surface area contributed by atoms with E-state index in [0.29, 0.717) is 24.3 Å². The molecule has 0 aromatic carbocycles. The zero-order valence-electron chi connectivity index (χ0n) is 12.5. The number of hydrogen-bond acceptors (Lipinski definition) is 2. The number of carbonyl (C=O) groups excluding carboxylic acids is 1. The molecule has 2 fully saturated rings. The molecule has 0 bridgehead atoms. The number of rotatable bonds is 4. The van der Waals surface area contributed by atoms with E-state index in [0.717, 1.165) is 38.9 Å². The number of likely N-dealkylation sites (tertiary alicyclic amines) is 2. The fraction of sp³-hybridized carbons (Fsp3) is 0.867. The van der Waals surface area contributed by atoms with Crippen LogP contribution in [0, 0.1) is 11.8 Å². The SMILES string of the molecule is CC(C)C1CCCN1C(=O)N1CCC(CCC(=O)O)C1. The van der Waals surface area contributed by atoms with Crippen molar-refractivity contribution >= 4 is 12.0 Å². The first kappa shape index (κ1) is 15.1. The third-order valence-electron chi connectivity index (χ3n) is 4.64. The van der Waals surface area contributed by atoms with Gasteiger partial charge >= 0.3 is 12.0 Å². The highest BCUT2D eigenvalue weighted by atomic mass is 16.4. The Morgan fingerprint density at radius 3 is 2.65 bits per heavy atom. The Bertz CT molecular complexity index is 370. The van der Waals surface area contributed by atoms with Gasteiger partial charge in [0.25, 0.3) is 0 Å². The molecule has 20 heavy (non-hydrogen) atoms. The van der Waals surface area contributed by atoms with Crippen LogP contribution in [0.2, 0.25) is 0 Å². The van der Waals surface area contributed by atoms with E-state index < -0.39 is 5.97 Å². The zero-order chi connectivity index (χ0) is 14.7. The van der Waals surface area contributed by atoms with Gasteiger partial charge in [0, 0.05) is 32.1 Å². The van der Waals surface area contributed by atoms with Crippen molar-refractivity contribution < 1.29 is 14.7 Å². The van der Waals surface area contributed by atoms with Gasteiger partial charge in [-0.2, -0.15) is 0 Å². The van der Waals surface area contributed by atoms with Crippen molar-refractivity contribution in [1.82, 2.24) is 9.80 Å². The monoisotopic (exact) mass is 282 g/mol. The lowest BCUT2D eigenvalue weighted by Gasteiger charge is -2.31. The van der Waals surface area contributed by atoms with Crippen molar-refractivity contribution in [2.24, 2.45) is 11.8 Å². The molecule has 0 aromatic rings. The molecule has 0 aliphatic carbocycles. The predicted molar refractivity (Wildman–Crippen MR) is 76.5 cm³/mol. The van der Waals surface area contributed by atoms with Gasteiger partial charge in [-0.25, -0.2) is 4.79 Å². The molecule has 114 valence electrons. The number of carboxylic acid groups (broad SMARTS) is 1. The fourth-order valence-electron chi connectivity index (χ4n) is 3.47. The Kier molecular flexibility index (Phi) is 4.89. The summed E-state index contributed by atoms with van der Waals surface area (Å²) in [6.07, 6.45) is 4.06. The minimum Gasteiger partial charge on any atom is -0.481 e. The highest BCUT2D eigenvalue weighted by molar-refractivity contribution is 5.75. The first-order valence-electron chi connectivity index (χ1n) is 7.76. The van der Waals surface area contributed by atoms with Crippen LogP contribution in [-0.4, -0.2) is 52.6 Å². The summed E-state index contributed by atoms with van der Waals surface area (Å²) in [4.78, 5) is 27.1. The summed E-state index contributed by atoms with van der Waals surface area (Å²) < 4.78 is 0. The number of carbonyl (C=O) groups is 2. The van der Waals surface area contributed by atoms with Crippen molar-refractivity contribution in [1.29, 1.82) is 0 Å². The van der Waals surface area contributed by atoms with Gasteiger partial charge < -0.3 is 14.9 Å². The highest BCUT2D eigenvalue weighted by Gasteiger charge is 2.36. The molecule has 1 N–H and O–H groups in total. The van der Waals surface area contributed by atoms with E-state index in [1.165, 1.54) is 0 Å². The van der Waals surface area contributed by atoms with Crippen LogP contribution in [0.3, 0.4) is 0 Å². The summed E-state index contributed by atoms with van der Waals surface area (Å²) in [5, 5.41) is 8.73. The second-order valence-corrected chi connectivity index (χ2v) is 6.46. The van der Waals surface area contributed by atoms with Crippen molar-refractivity contribution in [2.75, 3.05) is 19.6 Å². The third-order valence-corrected chi connectivity index (χ3v) is 4.64. The molecule has 0 radical (unpaired) electrons. The van der Waals surface area contributed by atoms with Crippen LogP contribution in [0.25, 0.3) is 0 Å². The van der Waals surface area contributed by atoms with E-state index >= 15 is 0 Å². The summed E-state index contributed by atoms with van der Waals surface area (Å²) in [6.45, 7) is 6.74. The van der Waals surface area contributed by atoms with Gasteiger partial charge in [-0.1, -0.05) is 13.8 Å². The molecular formula is C15H26N2O3. The second kappa shape index (κ2) is 6.46. The van der Waals surface area contributed by atoms with Crippen molar-refractivity contribution in [3.8, 4) is 0 Å². The van der Waals surface area contributed by atoms with Gasteiger partial charge in [0.1, 0.15) is 0 Å². The Hall–Kier alpha value is -1.26. The molecule has 5 nitrogen and oxygen atoms in total. The third kappa shape index (κ3) is 3.44. The molecule has 2 saturated heterocycles. The molecule has 2 aliphatic rings. The van der Waals surface area contributed by atoms with Gasteiger partial charge in [-0.05, 0) is 37.5 Å². The molecule has 2 amide bonds. The van der Waals surface area contributed by atoms with Gasteiger partial charge in [0.05, 0.1) is 0 Å². The maximum absolute atomic E-state index is 12.6. The van der Waals surface area contributed by atoms with E-state index in [9.17, 15) is 9.59 Å². The molecule has 5 heteroatoms. The minimum atomic E-state index is -0.741. The Balaban J connectivity index is 1.86. The van der Waals surface area contributed by atoms with Crippen LogP contribution in [0.5, 0.6) is 0 Å². The smallest absolute Gasteiger partial charge is 0.320 e. The van der Waals surface area contributed by atoms with Crippen LogP contribution in [0.15, 0.2) is 0 Å². The van der Waals surface area contributed by atoms with E-state index in [1.54, 1.807) is 0 Å². The van der Waals surface area contributed by atoms with Crippen LogP contribution >= 0.6 is 0 Å². The van der Waals surface area contributed by atoms with Crippen LogP contribution in [0.1, 0.15) is 46.0 Å². The van der Waals surface area contributed by atoms with Gasteiger partial charge in [0.15, 0.2) is 0 Å². The first-order chi connectivity index (χ1) is 9.49. The lowest BCUT2D eigenvalue weighted by atomic mass is 10.0. The van der Waals surface area contributed by atoms with Crippen LogP contribution in [-0.2, 0) is 4.79 Å². The van der Waals surface area contributed by atoms with E-state index in [2.05, 4.69) is 13.8 Å². The lowest BCUT2D eigenvalue weighted by molar-refractivity contribution is -0.137.